The Morgan fingerprint density at radius 1 is 0.727 bits per heavy atom. The van der Waals surface area contributed by atoms with Gasteiger partial charge in [0.1, 0.15) is 0 Å². The number of nitrogens with zero attached hydrogens (tertiary/aromatic N) is 2. The Bertz CT molecular complexity index is 1060. The molecule has 1 aliphatic rings. The van der Waals surface area contributed by atoms with Crippen LogP contribution in [-0.4, -0.2) is 54.8 Å². The molecule has 2 amide bonds. The van der Waals surface area contributed by atoms with E-state index in [1.54, 1.807) is 36.4 Å². The lowest BCUT2D eigenvalue weighted by molar-refractivity contribution is 0.0950. The normalized spacial score (nSPS) is 14.6. The fourth-order valence-electron chi connectivity index (χ4n) is 3.81. The summed E-state index contributed by atoms with van der Waals surface area (Å²) in [7, 11) is 2.17. The van der Waals surface area contributed by atoms with Gasteiger partial charge in [0.25, 0.3) is 11.8 Å². The first-order valence-electron chi connectivity index (χ1n) is 11.3. The van der Waals surface area contributed by atoms with Gasteiger partial charge in [-0.25, -0.2) is 0 Å². The quantitative estimate of drug-likeness (QED) is 0.587. The molecule has 2 N–H and O–H groups in total. The number of amides is 2. The van der Waals surface area contributed by atoms with E-state index in [1.807, 2.05) is 18.2 Å². The molecule has 33 heavy (non-hydrogen) atoms. The fourth-order valence-corrected chi connectivity index (χ4v) is 3.81. The van der Waals surface area contributed by atoms with Crippen molar-refractivity contribution < 1.29 is 9.59 Å². The first-order chi connectivity index (χ1) is 16.1. The van der Waals surface area contributed by atoms with Crippen molar-refractivity contribution in [3.8, 4) is 0 Å². The van der Waals surface area contributed by atoms with Crippen LogP contribution in [-0.2, 0) is 13.1 Å². The maximum Gasteiger partial charge on any atom is 0.255 e. The highest BCUT2D eigenvalue weighted by Crippen LogP contribution is 2.13. The number of anilines is 1. The third kappa shape index (κ3) is 6.51. The molecule has 3 aromatic rings. The molecular formula is C27H30N4O2. The van der Waals surface area contributed by atoms with E-state index in [2.05, 4.69) is 51.7 Å². The van der Waals surface area contributed by atoms with Gasteiger partial charge >= 0.3 is 0 Å². The topological polar surface area (TPSA) is 64.7 Å². The van der Waals surface area contributed by atoms with E-state index in [-0.39, 0.29) is 11.8 Å². The molecule has 4 rings (SSSR count). The Labute approximate surface area is 195 Å². The molecule has 0 saturated carbocycles. The molecule has 0 atom stereocenters. The van der Waals surface area contributed by atoms with Crippen LogP contribution in [0.5, 0.6) is 0 Å². The van der Waals surface area contributed by atoms with Gasteiger partial charge < -0.3 is 15.5 Å². The predicted molar refractivity (Wildman–Crippen MR) is 131 cm³/mol. The average molecular weight is 443 g/mol. The molecule has 6 heteroatoms. The summed E-state index contributed by atoms with van der Waals surface area (Å²) in [4.78, 5) is 29.6. The number of benzene rings is 3. The molecule has 0 aromatic heterocycles. The third-order valence-corrected chi connectivity index (χ3v) is 5.92. The van der Waals surface area contributed by atoms with E-state index in [0.29, 0.717) is 23.4 Å². The van der Waals surface area contributed by atoms with Crippen LogP contribution >= 0.6 is 0 Å². The van der Waals surface area contributed by atoms with E-state index in [0.717, 1.165) is 38.3 Å². The van der Waals surface area contributed by atoms with Gasteiger partial charge in [-0.15, -0.1) is 0 Å². The molecular weight excluding hydrogens is 412 g/mol. The molecule has 0 bridgehead atoms. The highest BCUT2D eigenvalue weighted by molar-refractivity contribution is 6.04. The Balaban J connectivity index is 1.25. The number of likely N-dealkylation sites (N-methyl/N-ethyl adjacent to an activating group) is 1. The van der Waals surface area contributed by atoms with Crippen molar-refractivity contribution >= 4 is 17.5 Å². The maximum absolute atomic E-state index is 12.5. The maximum atomic E-state index is 12.5. The Morgan fingerprint density at radius 2 is 1.33 bits per heavy atom. The van der Waals surface area contributed by atoms with E-state index < -0.39 is 0 Å². The van der Waals surface area contributed by atoms with Crippen LogP contribution in [0, 0.1) is 0 Å². The lowest BCUT2D eigenvalue weighted by Gasteiger charge is -2.32. The van der Waals surface area contributed by atoms with Crippen molar-refractivity contribution in [3.63, 3.8) is 0 Å². The molecule has 1 heterocycles. The summed E-state index contributed by atoms with van der Waals surface area (Å²) in [6.07, 6.45) is 0. The van der Waals surface area contributed by atoms with Crippen molar-refractivity contribution in [1.29, 1.82) is 0 Å². The van der Waals surface area contributed by atoms with E-state index >= 15 is 0 Å². The first kappa shape index (κ1) is 22.7. The summed E-state index contributed by atoms with van der Waals surface area (Å²) >= 11 is 0. The summed E-state index contributed by atoms with van der Waals surface area (Å²) in [5.41, 5.74) is 4.16. The third-order valence-electron chi connectivity index (χ3n) is 5.92. The van der Waals surface area contributed by atoms with Crippen LogP contribution in [0.25, 0.3) is 0 Å². The second-order valence-electron chi connectivity index (χ2n) is 8.48. The van der Waals surface area contributed by atoms with Gasteiger partial charge in [-0.1, -0.05) is 42.5 Å². The van der Waals surface area contributed by atoms with E-state index in [4.69, 9.17) is 0 Å². The number of carbonyl (C=O) groups is 2. The van der Waals surface area contributed by atoms with Gasteiger partial charge in [0.05, 0.1) is 0 Å². The molecule has 0 radical (unpaired) electrons. The lowest BCUT2D eigenvalue weighted by atomic mass is 10.1. The minimum absolute atomic E-state index is 0.141. The SMILES string of the molecule is CN1CCN(Cc2ccc(CNC(=O)c3ccc(NC(=O)c4ccccc4)cc3)cc2)CC1. The zero-order chi connectivity index (χ0) is 23.0. The minimum atomic E-state index is -0.177. The molecule has 0 spiro atoms. The molecule has 1 fully saturated rings. The fraction of sp³-hybridized carbons (Fsp3) is 0.259. The van der Waals surface area contributed by atoms with Gasteiger partial charge in [-0.2, -0.15) is 0 Å². The van der Waals surface area contributed by atoms with Crippen LogP contribution in [0.4, 0.5) is 5.69 Å². The van der Waals surface area contributed by atoms with Crippen molar-refractivity contribution in [2.75, 3.05) is 38.5 Å². The summed E-state index contributed by atoms with van der Waals surface area (Å²) in [5.74, 6) is -0.318. The van der Waals surface area contributed by atoms with E-state index in [1.165, 1.54) is 5.56 Å². The lowest BCUT2D eigenvalue weighted by Crippen LogP contribution is -2.43. The van der Waals surface area contributed by atoms with Crippen LogP contribution in [0.1, 0.15) is 31.8 Å². The zero-order valence-corrected chi connectivity index (χ0v) is 19.0. The molecule has 1 aliphatic heterocycles. The first-order valence-corrected chi connectivity index (χ1v) is 11.3. The highest BCUT2D eigenvalue weighted by atomic mass is 16.2. The van der Waals surface area contributed by atoms with Crippen molar-refractivity contribution in [1.82, 2.24) is 15.1 Å². The van der Waals surface area contributed by atoms with Gasteiger partial charge in [0.15, 0.2) is 0 Å². The number of carbonyl (C=O) groups excluding carboxylic acids is 2. The van der Waals surface area contributed by atoms with Crippen LogP contribution in [0.15, 0.2) is 78.9 Å². The number of piperazine rings is 1. The van der Waals surface area contributed by atoms with Gasteiger partial charge in [0, 0.05) is 56.1 Å². The summed E-state index contributed by atoms with van der Waals surface area (Å²) in [5, 5.41) is 5.81. The zero-order valence-electron chi connectivity index (χ0n) is 19.0. The molecule has 170 valence electrons. The number of rotatable bonds is 7. The van der Waals surface area contributed by atoms with Crippen molar-refractivity contribution in [2.24, 2.45) is 0 Å². The Kier molecular flexibility index (Phi) is 7.50. The standard InChI is InChI=1S/C27H30N4O2/c1-30-15-17-31(18-16-30)20-22-9-7-21(8-10-22)19-28-26(32)24-11-13-25(14-12-24)29-27(33)23-5-3-2-4-6-23/h2-14H,15-20H2,1H3,(H,28,32)(H,29,33). The van der Waals surface area contributed by atoms with Crippen molar-refractivity contribution in [2.45, 2.75) is 13.1 Å². The number of nitrogens with one attached hydrogen (secondary N) is 2. The molecule has 0 unspecified atom stereocenters. The van der Waals surface area contributed by atoms with Gasteiger partial charge in [-0.05, 0) is 54.6 Å². The highest BCUT2D eigenvalue weighted by Gasteiger charge is 2.14. The minimum Gasteiger partial charge on any atom is -0.348 e. The summed E-state index contributed by atoms with van der Waals surface area (Å²) in [6, 6.07) is 24.4. The molecule has 3 aromatic carbocycles. The van der Waals surface area contributed by atoms with E-state index in [9.17, 15) is 9.59 Å². The summed E-state index contributed by atoms with van der Waals surface area (Å²) in [6.45, 7) is 5.87. The number of hydrogen-bond acceptors (Lipinski definition) is 4. The molecule has 1 saturated heterocycles. The average Bonchev–Trinajstić information content (AvgIpc) is 2.86. The Hall–Kier alpha value is -3.48. The second kappa shape index (κ2) is 10.9. The second-order valence-corrected chi connectivity index (χ2v) is 8.48. The number of hydrogen-bond donors (Lipinski definition) is 2. The largest absolute Gasteiger partial charge is 0.348 e. The van der Waals surface area contributed by atoms with Gasteiger partial charge in [-0.3, -0.25) is 14.5 Å². The van der Waals surface area contributed by atoms with Crippen LogP contribution in [0.3, 0.4) is 0 Å². The summed E-state index contributed by atoms with van der Waals surface area (Å²) < 4.78 is 0. The van der Waals surface area contributed by atoms with Crippen molar-refractivity contribution in [3.05, 3.63) is 101 Å². The Morgan fingerprint density at radius 3 is 2.00 bits per heavy atom. The van der Waals surface area contributed by atoms with Gasteiger partial charge in [0.2, 0.25) is 0 Å². The smallest absolute Gasteiger partial charge is 0.255 e. The molecule has 6 nitrogen and oxygen atoms in total. The van der Waals surface area contributed by atoms with Crippen LogP contribution in [0.2, 0.25) is 0 Å². The van der Waals surface area contributed by atoms with Crippen LogP contribution < -0.4 is 10.6 Å². The molecule has 0 aliphatic carbocycles. The monoisotopic (exact) mass is 442 g/mol. The predicted octanol–water partition coefficient (Wildman–Crippen LogP) is 3.62.